The van der Waals surface area contributed by atoms with E-state index in [0.717, 1.165) is 4.90 Å². The van der Waals surface area contributed by atoms with Gasteiger partial charge in [-0.2, -0.15) is 0 Å². The molecule has 2 saturated heterocycles. The highest BCUT2D eigenvalue weighted by molar-refractivity contribution is 6.36. The highest BCUT2D eigenvalue weighted by atomic mass is 35.5. The highest BCUT2D eigenvalue weighted by Gasteiger charge is 2.40. The van der Waals surface area contributed by atoms with Gasteiger partial charge < -0.3 is 0 Å². The van der Waals surface area contributed by atoms with Crippen molar-refractivity contribution >= 4 is 46.9 Å². The van der Waals surface area contributed by atoms with E-state index >= 15 is 0 Å². The summed E-state index contributed by atoms with van der Waals surface area (Å²) in [5, 5.41) is 4.66. The van der Waals surface area contributed by atoms with Crippen LogP contribution < -0.4 is 15.5 Å². The maximum Gasteiger partial charge on any atom is 0.326 e. The molecule has 0 aromatic heterocycles. The molecule has 1 atom stereocenters. The van der Waals surface area contributed by atoms with Gasteiger partial charge in [0.15, 0.2) is 0 Å². The largest absolute Gasteiger partial charge is 0.326 e. The molecule has 9 heteroatoms. The first-order chi connectivity index (χ1) is 11.0. The van der Waals surface area contributed by atoms with Gasteiger partial charge in [-0.05, 0) is 12.1 Å². The van der Waals surface area contributed by atoms with Gasteiger partial charge in [-0.3, -0.25) is 30.0 Å². The Morgan fingerprint density at radius 3 is 2.57 bits per heavy atom. The number of benzene rings is 1. The zero-order valence-electron chi connectivity index (χ0n) is 11.7. The quantitative estimate of drug-likeness (QED) is 0.772. The molecule has 2 fully saturated rings. The summed E-state index contributed by atoms with van der Waals surface area (Å²) in [7, 11) is 0. The molecule has 1 aromatic carbocycles. The molecule has 2 heterocycles. The number of imide groups is 2. The van der Waals surface area contributed by atoms with Crippen molar-refractivity contribution in [3.8, 4) is 0 Å². The molecular formula is C14H11ClN4O4. The van der Waals surface area contributed by atoms with Gasteiger partial charge in [0, 0.05) is 0 Å². The Kier molecular flexibility index (Phi) is 3.83. The Morgan fingerprint density at radius 1 is 1.13 bits per heavy atom. The van der Waals surface area contributed by atoms with Gasteiger partial charge in [-0.1, -0.05) is 23.7 Å². The first-order valence-electron chi connectivity index (χ1n) is 6.74. The number of rotatable bonds is 2. The molecule has 8 nitrogen and oxygen atoms in total. The number of halogens is 1. The van der Waals surface area contributed by atoms with Crippen molar-refractivity contribution in [2.75, 3.05) is 4.90 Å². The van der Waals surface area contributed by atoms with Crippen LogP contribution in [-0.2, 0) is 14.4 Å². The highest BCUT2D eigenvalue weighted by Crippen LogP contribution is 2.30. The maximum absolute atomic E-state index is 12.4. The fraction of sp³-hybridized carbons (Fsp3) is 0.214. The van der Waals surface area contributed by atoms with Crippen LogP contribution in [0.25, 0.3) is 0 Å². The number of amides is 5. The molecule has 0 radical (unpaired) electrons. The van der Waals surface area contributed by atoms with Crippen molar-refractivity contribution in [3.05, 3.63) is 29.3 Å². The predicted molar refractivity (Wildman–Crippen MR) is 81.1 cm³/mol. The van der Waals surface area contributed by atoms with E-state index < -0.39 is 29.8 Å². The van der Waals surface area contributed by atoms with Crippen LogP contribution in [-0.4, -0.2) is 35.6 Å². The number of nitrogens with zero attached hydrogens (tertiary/aromatic N) is 2. The number of carbonyl (C=O) groups excluding carboxylic acids is 4. The van der Waals surface area contributed by atoms with Crippen LogP contribution in [0, 0.1) is 0 Å². The zero-order valence-corrected chi connectivity index (χ0v) is 12.5. The number of hydrogen-bond acceptors (Lipinski definition) is 5. The molecule has 23 heavy (non-hydrogen) atoms. The molecule has 2 aliphatic rings. The molecule has 0 aliphatic carbocycles. The summed E-state index contributed by atoms with van der Waals surface area (Å²) >= 11 is 6.02. The van der Waals surface area contributed by atoms with Crippen molar-refractivity contribution < 1.29 is 19.2 Å². The lowest BCUT2D eigenvalue weighted by Gasteiger charge is -2.17. The Morgan fingerprint density at radius 2 is 1.87 bits per heavy atom. The Labute approximate surface area is 135 Å². The van der Waals surface area contributed by atoms with Crippen LogP contribution in [0.15, 0.2) is 29.3 Å². The van der Waals surface area contributed by atoms with Crippen molar-refractivity contribution in [3.63, 3.8) is 0 Å². The van der Waals surface area contributed by atoms with Crippen LogP contribution in [0.4, 0.5) is 10.5 Å². The molecule has 0 unspecified atom stereocenters. The van der Waals surface area contributed by atoms with Gasteiger partial charge >= 0.3 is 6.03 Å². The summed E-state index contributed by atoms with van der Waals surface area (Å²) < 4.78 is 0. The molecule has 0 saturated carbocycles. The number of amidine groups is 1. The van der Waals surface area contributed by atoms with E-state index in [0.29, 0.717) is 0 Å². The lowest BCUT2D eigenvalue weighted by molar-refractivity contribution is -0.122. The van der Waals surface area contributed by atoms with E-state index in [-0.39, 0.29) is 29.4 Å². The third-order valence-electron chi connectivity index (χ3n) is 3.37. The summed E-state index contributed by atoms with van der Waals surface area (Å²) in [5.74, 6) is -1.45. The number of hydrogen-bond donors (Lipinski definition) is 2. The first kappa shape index (κ1) is 15.2. The Hall–Kier alpha value is -2.74. The zero-order chi connectivity index (χ0) is 16.6. The fourth-order valence-corrected chi connectivity index (χ4v) is 2.62. The predicted octanol–water partition coefficient (Wildman–Crippen LogP) is 0.600. The number of urea groups is 1. The second kappa shape index (κ2) is 5.81. The van der Waals surface area contributed by atoms with E-state index in [9.17, 15) is 19.2 Å². The molecule has 0 spiro atoms. The molecule has 2 N–H and O–H groups in total. The number of aliphatic imine (C=N–C) groups is 1. The summed E-state index contributed by atoms with van der Waals surface area (Å²) in [6.45, 7) is 0. The van der Waals surface area contributed by atoms with Crippen LogP contribution in [0.3, 0.4) is 0 Å². The van der Waals surface area contributed by atoms with Crippen LogP contribution >= 0.6 is 11.6 Å². The fourth-order valence-electron chi connectivity index (χ4n) is 2.40. The summed E-state index contributed by atoms with van der Waals surface area (Å²) in [6, 6.07) is 4.78. The normalized spacial score (nSPS) is 23.3. The standard InChI is InChI=1S/C14H11ClN4O4/c15-7-3-1-2-4-9(7)19-12(21)5-8(13(19)22)16-10-6-11(20)18-14(23)17-10/h1-4,8H,5-6H2,(H2,16,17,18,20,23)/t8-/m1/s1. The number of carbonyl (C=O) groups is 4. The average Bonchev–Trinajstić information content (AvgIpc) is 2.73. The molecule has 3 rings (SSSR count). The minimum Gasteiger partial charge on any atom is -0.295 e. The molecular weight excluding hydrogens is 324 g/mol. The minimum atomic E-state index is -0.986. The van der Waals surface area contributed by atoms with Crippen LogP contribution in [0.1, 0.15) is 12.8 Å². The Balaban J connectivity index is 1.86. The van der Waals surface area contributed by atoms with Crippen molar-refractivity contribution in [2.24, 2.45) is 4.99 Å². The summed E-state index contributed by atoms with van der Waals surface area (Å²) in [5.41, 5.74) is 0.289. The Bertz CT molecular complexity index is 743. The SMILES string of the molecule is O=C1CC(=N[C@@H]2CC(=O)N(c3ccccc3Cl)C2=O)NC(=O)N1. The second-order valence-electron chi connectivity index (χ2n) is 4.99. The smallest absolute Gasteiger partial charge is 0.295 e. The van der Waals surface area contributed by atoms with Gasteiger partial charge in [-0.15, -0.1) is 0 Å². The maximum atomic E-state index is 12.4. The van der Waals surface area contributed by atoms with Gasteiger partial charge in [0.1, 0.15) is 11.9 Å². The lowest BCUT2D eigenvalue weighted by Crippen LogP contribution is -2.50. The van der Waals surface area contributed by atoms with Crippen LogP contribution in [0.2, 0.25) is 5.02 Å². The lowest BCUT2D eigenvalue weighted by atomic mass is 10.2. The van der Waals surface area contributed by atoms with Gasteiger partial charge in [0.05, 0.1) is 23.6 Å². The summed E-state index contributed by atoms with van der Waals surface area (Å²) in [6.07, 6.45) is -0.305. The molecule has 2 aliphatic heterocycles. The second-order valence-corrected chi connectivity index (χ2v) is 5.40. The van der Waals surface area contributed by atoms with Gasteiger partial charge in [0.25, 0.3) is 5.91 Å². The van der Waals surface area contributed by atoms with Crippen molar-refractivity contribution in [1.82, 2.24) is 10.6 Å². The van der Waals surface area contributed by atoms with Gasteiger partial charge in [0.2, 0.25) is 11.8 Å². The molecule has 118 valence electrons. The minimum absolute atomic E-state index is 0.0610. The topological polar surface area (TPSA) is 108 Å². The van der Waals surface area contributed by atoms with E-state index in [1.54, 1.807) is 24.3 Å². The van der Waals surface area contributed by atoms with Gasteiger partial charge in [-0.25, -0.2) is 9.69 Å². The van der Waals surface area contributed by atoms with Crippen LogP contribution in [0.5, 0.6) is 0 Å². The monoisotopic (exact) mass is 334 g/mol. The van der Waals surface area contributed by atoms with E-state index in [1.165, 1.54) is 0 Å². The molecule has 5 amide bonds. The third kappa shape index (κ3) is 2.93. The molecule has 0 bridgehead atoms. The van der Waals surface area contributed by atoms with Crippen molar-refractivity contribution in [2.45, 2.75) is 18.9 Å². The molecule has 1 aromatic rings. The number of nitrogens with one attached hydrogen (secondary N) is 2. The average molecular weight is 335 g/mol. The van der Waals surface area contributed by atoms with E-state index in [2.05, 4.69) is 10.3 Å². The van der Waals surface area contributed by atoms with E-state index in [1.807, 2.05) is 5.32 Å². The van der Waals surface area contributed by atoms with Crippen molar-refractivity contribution in [1.29, 1.82) is 0 Å². The first-order valence-corrected chi connectivity index (χ1v) is 7.12. The number of para-hydroxylation sites is 1. The summed E-state index contributed by atoms with van der Waals surface area (Å²) in [4.78, 5) is 52.1. The third-order valence-corrected chi connectivity index (χ3v) is 3.69. The number of anilines is 1. The van der Waals surface area contributed by atoms with E-state index in [4.69, 9.17) is 11.6 Å².